The Hall–Kier alpha value is -3.77. The summed E-state index contributed by atoms with van der Waals surface area (Å²) in [6, 6.07) is 9.60. The molecule has 1 unspecified atom stereocenters. The monoisotopic (exact) mass is 513 g/mol. The maximum absolute atomic E-state index is 12.8. The third-order valence-electron chi connectivity index (χ3n) is 8.98. The molecule has 1 N–H and O–H groups in total. The fourth-order valence-electron chi connectivity index (χ4n) is 6.54. The molecule has 2 aromatic heterocycles. The minimum Gasteiger partial charge on any atom is -0.348 e. The molecule has 8 rings (SSSR count). The maximum atomic E-state index is 12.8. The molecule has 3 aliphatic carbocycles. The number of benzene rings is 1. The molecular formula is C27H24ClN7O2. The molecule has 3 saturated carbocycles. The molecule has 0 spiro atoms. The van der Waals surface area contributed by atoms with Crippen molar-refractivity contribution in [1.29, 1.82) is 5.26 Å². The van der Waals surface area contributed by atoms with E-state index in [4.69, 9.17) is 11.6 Å². The number of nitrogens with one attached hydrogen (secondary N) is 1. The van der Waals surface area contributed by atoms with Crippen molar-refractivity contribution in [2.24, 2.45) is 17.3 Å². The van der Waals surface area contributed by atoms with Crippen LogP contribution in [0.2, 0.25) is 5.02 Å². The number of rotatable bonds is 6. The molecule has 2 bridgehead atoms. The number of piperidine rings is 1. The van der Waals surface area contributed by atoms with Gasteiger partial charge in [0.2, 0.25) is 5.91 Å². The van der Waals surface area contributed by atoms with Gasteiger partial charge < -0.3 is 10.2 Å². The fraction of sp³-hybridized carbons (Fsp3) is 0.407. The first-order chi connectivity index (χ1) is 17.8. The zero-order valence-electron chi connectivity index (χ0n) is 20.3. The summed E-state index contributed by atoms with van der Waals surface area (Å²) in [5, 5.41) is 21.3. The number of fused-ring (bicyclic) bond motifs is 1. The Morgan fingerprint density at radius 3 is 2.78 bits per heavy atom. The number of anilines is 1. The number of amides is 2. The van der Waals surface area contributed by atoms with Crippen LogP contribution in [-0.4, -0.2) is 43.9 Å². The first-order valence-corrected chi connectivity index (χ1v) is 12.9. The van der Waals surface area contributed by atoms with E-state index in [1.807, 2.05) is 24.0 Å². The molecule has 5 fully saturated rings. The van der Waals surface area contributed by atoms with Crippen molar-refractivity contribution >= 4 is 29.1 Å². The summed E-state index contributed by atoms with van der Waals surface area (Å²) in [5.41, 5.74) is 3.69. The lowest BCUT2D eigenvalue weighted by atomic mass is 9.74. The number of nitrogens with zero attached hydrogens (tertiary/aromatic N) is 6. The van der Waals surface area contributed by atoms with E-state index in [2.05, 4.69) is 33.6 Å². The Balaban J connectivity index is 1.000. The molecule has 37 heavy (non-hydrogen) atoms. The summed E-state index contributed by atoms with van der Waals surface area (Å²) in [7, 11) is 0. The predicted octanol–water partition coefficient (Wildman–Crippen LogP) is 3.46. The van der Waals surface area contributed by atoms with Gasteiger partial charge in [-0.15, -0.1) is 5.10 Å². The van der Waals surface area contributed by atoms with Crippen LogP contribution in [0.1, 0.15) is 65.8 Å². The molecule has 4 heterocycles. The van der Waals surface area contributed by atoms with Crippen molar-refractivity contribution in [1.82, 2.24) is 25.3 Å². The minimum absolute atomic E-state index is 0.000262. The highest BCUT2D eigenvalue weighted by Gasteiger charge is 2.93. The van der Waals surface area contributed by atoms with Gasteiger partial charge >= 0.3 is 0 Å². The van der Waals surface area contributed by atoms with E-state index in [0.29, 0.717) is 22.5 Å². The Labute approximate surface area is 218 Å². The predicted molar refractivity (Wildman–Crippen MR) is 134 cm³/mol. The second-order valence-corrected chi connectivity index (χ2v) is 11.4. The molecule has 186 valence electrons. The van der Waals surface area contributed by atoms with Crippen LogP contribution in [0.15, 0.2) is 42.9 Å². The first kappa shape index (κ1) is 22.4. The van der Waals surface area contributed by atoms with Gasteiger partial charge in [-0.2, -0.15) is 5.26 Å². The molecule has 2 saturated heterocycles. The topological polar surface area (TPSA) is 117 Å². The van der Waals surface area contributed by atoms with E-state index in [9.17, 15) is 14.9 Å². The van der Waals surface area contributed by atoms with Gasteiger partial charge in [0, 0.05) is 34.6 Å². The number of aromatic nitrogens is 4. The molecule has 5 aliphatic rings. The van der Waals surface area contributed by atoms with E-state index >= 15 is 0 Å². The second-order valence-electron chi connectivity index (χ2n) is 10.9. The quantitative estimate of drug-likeness (QED) is 0.539. The number of halogens is 1. The molecular weight excluding hydrogens is 490 g/mol. The van der Waals surface area contributed by atoms with Crippen molar-refractivity contribution in [3.05, 3.63) is 70.3 Å². The van der Waals surface area contributed by atoms with Gasteiger partial charge in [-0.25, -0.2) is 4.68 Å². The molecule has 10 heteroatoms. The third-order valence-corrected chi connectivity index (χ3v) is 9.22. The highest BCUT2D eigenvalue weighted by atomic mass is 35.5. The third kappa shape index (κ3) is 3.18. The summed E-state index contributed by atoms with van der Waals surface area (Å²) in [4.78, 5) is 31.8. The number of hydrogen-bond donors (Lipinski definition) is 1. The van der Waals surface area contributed by atoms with Crippen LogP contribution < -0.4 is 10.2 Å². The molecule has 5 atom stereocenters. The first-order valence-electron chi connectivity index (χ1n) is 12.5. The number of nitriles is 1. The van der Waals surface area contributed by atoms with Gasteiger partial charge in [0.25, 0.3) is 5.91 Å². The van der Waals surface area contributed by atoms with E-state index in [1.165, 1.54) is 0 Å². The minimum atomic E-state index is -0.279. The molecule has 3 aromatic rings. The van der Waals surface area contributed by atoms with Gasteiger partial charge in [0.05, 0.1) is 41.7 Å². The molecule has 2 aliphatic heterocycles. The van der Waals surface area contributed by atoms with Crippen molar-refractivity contribution in [2.45, 2.75) is 50.7 Å². The van der Waals surface area contributed by atoms with Crippen LogP contribution in [0.25, 0.3) is 0 Å². The van der Waals surface area contributed by atoms with E-state index in [0.717, 1.165) is 29.7 Å². The molecule has 1 aromatic carbocycles. The summed E-state index contributed by atoms with van der Waals surface area (Å²) in [6.45, 7) is 4.15. The van der Waals surface area contributed by atoms with E-state index in [1.54, 1.807) is 35.4 Å². The van der Waals surface area contributed by atoms with Crippen molar-refractivity contribution < 1.29 is 9.59 Å². The highest BCUT2D eigenvalue weighted by molar-refractivity contribution is 6.30. The highest BCUT2D eigenvalue weighted by Crippen LogP contribution is 2.86. The Morgan fingerprint density at radius 1 is 1.30 bits per heavy atom. The van der Waals surface area contributed by atoms with Gasteiger partial charge in [-0.3, -0.25) is 14.6 Å². The van der Waals surface area contributed by atoms with Crippen molar-refractivity contribution in [3.63, 3.8) is 0 Å². The van der Waals surface area contributed by atoms with Gasteiger partial charge in [0.1, 0.15) is 0 Å². The van der Waals surface area contributed by atoms with Gasteiger partial charge in [0.15, 0.2) is 5.69 Å². The van der Waals surface area contributed by atoms with Crippen LogP contribution in [0.4, 0.5) is 5.69 Å². The smallest absolute Gasteiger partial charge is 0.273 e. The fourth-order valence-corrected chi connectivity index (χ4v) is 6.72. The Morgan fingerprint density at radius 2 is 2.08 bits per heavy atom. The molecule has 0 radical (unpaired) electrons. The van der Waals surface area contributed by atoms with Crippen molar-refractivity contribution in [2.75, 3.05) is 4.90 Å². The Bertz CT molecular complexity index is 1520. The van der Waals surface area contributed by atoms with Crippen LogP contribution in [-0.2, 0) is 4.79 Å². The summed E-state index contributed by atoms with van der Waals surface area (Å²) in [5.74, 6) is 0.828. The van der Waals surface area contributed by atoms with Gasteiger partial charge in [-0.1, -0.05) is 23.7 Å². The van der Waals surface area contributed by atoms with Crippen LogP contribution in [0, 0.1) is 28.6 Å². The number of carbonyl (C=O) groups excluding carboxylic acids is 2. The lowest BCUT2D eigenvalue weighted by Crippen LogP contribution is -2.43. The standard InChI is InChI=1S/C27H24ClN7O2/c1-13(16-7-19(11-30-10-16)35-24-22-23(26(35)37)27(22,24)2)34-12-21(32-33-34)25(36)31-18-5-15(6-18)20-8-17(28)4-3-14(20)9-29/h3-4,7-8,10-13,15,18,22-24H,5-6H2,1-2H3,(H,31,36)/t13-,15?,18?,22+,23-,24?,27-/m1/s1. The SMILES string of the molecule is C[C@H](c1cncc(N2C(=O)[C@H]3[C@H]4C2[C@]43C)c1)n1cc(C(=O)NC2CC(c3cc(Cl)ccc3C#N)C2)nn1. The van der Waals surface area contributed by atoms with Crippen LogP contribution in [0.3, 0.4) is 0 Å². The van der Waals surface area contributed by atoms with Crippen LogP contribution in [0.5, 0.6) is 0 Å². The molecule has 9 nitrogen and oxygen atoms in total. The zero-order valence-corrected chi connectivity index (χ0v) is 21.1. The van der Waals surface area contributed by atoms with E-state index in [-0.39, 0.29) is 46.8 Å². The number of carbonyl (C=O) groups is 2. The zero-order chi connectivity index (χ0) is 25.6. The normalized spacial score (nSPS) is 31.2. The van der Waals surface area contributed by atoms with Gasteiger partial charge in [-0.05, 0) is 61.1 Å². The largest absolute Gasteiger partial charge is 0.348 e. The van der Waals surface area contributed by atoms with E-state index < -0.39 is 0 Å². The number of pyridine rings is 1. The average molecular weight is 514 g/mol. The Kier molecular flexibility index (Phi) is 4.62. The summed E-state index contributed by atoms with van der Waals surface area (Å²) < 4.78 is 1.64. The molecule has 2 amide bonds. The summed E-state index contributed by atoms with van der Waals surface area (Å²) in [6.07, 6.45) is 6.61. The lowest BCUT2D eigenvalue weighted by Gasteiger charge is -2.36. The second kappa shape index (κ2) is 7.62. The number of hydrogen-bond acceptors (Lipinski definition) is 6. The summed E-state index contributed by atoms with van der Waals surface area (Å²) >= 11 is 6.12. The van der Waals surface area contributed by atoms with Crippen LogP contribution >= 0.6 is 11.6 Å². The maximum Gasteiger partial charge on any atom is 0.273 e. The average Bonchev–Trinajstić information content (AvgIpc) is 3.37. The lowest BCUT2D eigenvalue weighted by molar-refractivity contribution is -0.118. The van der Waals surface area contributed by atoms with Crippen molar-refractivity contribution in [3.8, 4) is 6.07 Å².